The number of nitrogens with one attached hydrogen (secondary N) is 1. The molecule has 1 N–H and O–H groups in total. The van der Waals surface area contributed by atoms with Gasteiger partial charge in [-0.2, -0.15) is 0 Å². The molecule has 0 bridgehead atoms. The van der Waals surface area contributed by atoms with Crippen molar-refractivity contribution in [2.75, 3.05) is 12.4 Å². The van der Waals surface area contributed by atoms with E-state index in [-0.39, 0.29) is 5.91 Å². The van der Waals surface area contributed by atoms with Crippen LogP contribution >= 0.6 is 0 Å². The van der Waals surface area contributed by atoms with E-state index in [4.69, 9.17) is 9.47 Å². The first kappa shape index (κ1) is 19.2. The van der Waals surface area contributed by atoms with E-state index in [0.717, 1.165) is 28.2 Å². The number of ether oxygens (including phenoxy) is 2. The molecule has 0 spiro atoms. The van der Waals surface area contributed by atoms with Gasteiger partial charge in [0.25, 0.3) is 0 Å². The molecule has 0 atom stereocenters. The molecule has 4 nitrogen and oxygen atoms in total. The van der Waals surface area contributed by atoms with Crippen molar-refractivity contribution in [2.45, 2.75) is 13.8 Å². The van der Waals surface area contributed by atoms with Gasteiger partial charge in [0.05, 0.1) is 7.11 Å². The van der Waals surface area contributed by atoms with Crippen LogP contribution in [0.15, 0.2) is 72.8 Å². The Balaban J connectivity index is 1.63. The van der Waals surface area contributed by atoms with Gasteiger partial charge in [-0.1, -0.05) is 18.2 Å². The van der Waals surface area contributed by atoms with Gasteiger partial charge in [-0.15, -0.1) is 0 Å². The van der Waals surface area contributed by atoms with Crippen LogP contribution in [0.25, 0.3) is 6.08 Å². The summed E-state index contributed by atoms with van der Waals surface area (Å²) >= 11 is 0. The first-order chi connectivity index (χ1) is 13.5. The quantitative estimate of drug-likeness (QED) is 0.559. The molecular formula is C24H23NO3. The molecule has 1 amide bonds. The monoisotopic (exact) mass is 373 g/mol. The number of hydrogen-bond acceptors (Lipinski definition) is 3. The molecule has 0 aliphatic heterocycles. The Bertz CT molecular complexity index is 953. The Morgan fingerprint density at radius 1 is 0.857 bits per heavy atom. The molecule has 28 heavy (non-hydrogen) atoms. The number of amides is 1. The lowest BCUT2D eigenvalue weighted by atomic mass is 10.0. The molecule has 3 aromatic rings. The zero-order chi connectivity index (χ0) is 19.9. The molecule has 0 aliphatic carbocycles. The Hall–Kier alpha value is -3.53. The van der Waals surface area contributed by atoms with Gasteiger partial charge >= 0.3 is 0 Å². The maximum absolute atomic E-state index is 12.3. The predicted molar refractivity (Wildman–Crippen MR) is 113 cm³/mol. The Morgan fingerprint density at radius 3 is 2.07 bits per heavy atom. The van der Waals surface area contributed by atoms with Gasteiger partial charge in [-0.3, -0.25) is 4.79 Å². The minimum Gasteiger partial charge on any atom is -0.497 e. The number of carbonyl (C=O) groups is 1. The Labute approximate surface area is 165 Å². The molecule has 0 radical (unpaired) electrons. The van der Waals surface area contributed by atoms with E-state index in [2.05, 4.69) is 5.32 Å². The van der Waals surface area contributed by atoms with Crippen LogP contribution in [0.3, 0.4) is 0 Å². The van der Waals surface area contributed by atoms with Crippen molar-refractivity contribution in [3.63, 3.8) is 0 Å². The van der Waals surface area contributed by atoms with Crippen LogP contribution in [0.1, 0.15) is 16.7 Å². The van der Waals surface area contributed by atoms with E-state index in [1.54, 1.807) is 7.11 Å². The molecule has 3 rings (SSSR count). The fourth-order valence-corrected chi connectivity index (χ4v) is 2.89. The summed E-state index contributed by atoms with van der Waals surface area (Å²) in [7, 11) is 1.65. The molecule has 0 unspecified atom stereocenters. The van der Waals surface area contributed by atoms with Crippen LogP contribution in [-0.2, 0) is 4.79 Å². The molecule has 3 aromatic carbocycles. The zero-order valence-electron chi connectivity index (χ0n) is 16.2. The molecule has 142 valence electrons. The Kier molecular flexibility index (Phi) is 6.12. The summed E-state index contributed by atoms with van der Waals surface area (Å²) in [6.45, 7) is 4.00. The minimum absolute atomic E-state index is 0.189. The average molecular weight is 373 g/mol. The Morgan fingerprint density at radius 2 is 1.46 bits per heavy atom. The van der Waals surface area contributed by atoms with Gasteiger partial charge in [0.1, 0.15) is 17.2 Å². The minimum atomic E-state index is -0.189. The highest BCUT2D eigenvalue weighted by atomic mass is 16.5. The lowest BCUT2D eigenvalue weighted by molar-refractivity contribution is -0.111. The lowest BCUT2D eigenvalue weighted by Gasteiger charge is -2.09. The van der Waals surface area contributed by atoms with E-state index < -0.39 is 0 Å². The highest BCUT2D eigenvalue weighted by molar-refractivity contribution is 6.02. The second-order valence-corrected chi connectivity index (χ2v) is 6.44. The van der Waals surface area contributed by atoms with Gasteiger partial charge in [0.15, 0.2) is 0 Å². The summed E-state index contributed by atoms with van der Waals surface area (Å²) in [5.41, 5.74) is 3.84. The van der Waals surface area contributed by atoms with Crippen molar-refractivity contribution in [3.05, 3.63) is 89.5 Å². The summed E-state index contributed by atoms with van der Waals surface area (Å²) in [6.07, 6.45) is 3.36. The highest BCUT2D eigenvalue weighted by Crippen LogP contribution is 2.24. The van der Waals surface area contributed by atoms with E-state index >= 15 is 0 Å². The van der Waals surface area contributed by atoms with Crippen LogP contribution in [0.5, 0.6) is 17.2 Å². The average Bonchev–Trinajstić information content (AvgIpc) is 2.69. The number of para-hydroxylation sites is 1. The van der Waals surface area contributed by atoms with Crippen molar-refractivity contribution >= 4 is 17.7 Å². The van der Waals surface area contributed by atoms with Crippen molar-refractivity contribution in [3.8, 4) is 17.2 Å². The van der Waals surface area contributed by atoms with Crippen LogP contribution in [0.4, 0.5) is 5.69 Å². The maximum Gasteiger partial charge on any atom is 0.248 e. The van der Waals surface area contributed by atoms with Gasteiger partial charge < -0.3 is 14.8 Å². The molecular weight excluding hydrogens is 350 g/mol. The lowest BCUT2D eigenvalue weighted by Crippen LogP contribution is -2.07. The second kappa shape index (κ2) is 8.91. The molecule has 0 aromatic heterocycles. The summed E-state index contributed by atoms with van der Waals surface area (Å²) in [5, 5.41) is 2.86. The number of carbonyl (C=O) groups excluding carboxylic acids is 1. The third kappa shape index (κ3) is 5.01. The van der Waals surface area contributed by atoms with Crippen LogP contribution in [-0.4, -0.2) is 13.0 Å². The van der Waals surface area contributed by atoms with E-state index in [9.17, 15) is 4.79 Å². The van der Waals surface area contributed by atoms with Crippen molar-refractivity contribution in [1.29, 1.82) is 0 Å². The second-order valence-electron chi connectivity index (χ2n) is 6.44. The largest absolute Gasteiger partial charge is 0.497 e. The van der Waals surface area contributed by atoms with Crippen molar-refractivity contribution < 1.29 is 14.3 Å². The van der Waals surface area contributed by atoms with Crippen LogP contribution in [0.2, 0.25) is 0 Å². The van der Waals surface area contributed by atoms with Gasteiger partial charge in [-0.05, 0) is 85.1 Å². The summed E-state index contributed by atoms with van der Waals surface area (Å²) in [4.78, 5) is 12.3. The summed E-state index contributed by atoms with van der Waals surface area (Å²) in [6, 6.07) is 20.7. The molecule has 0 saturated heterocycles. The van der Waals surface area contributed by atoms with Crippen LogP contribution < -0.4 is 14.8 Å². The molecule has 0 saturated carbocycles. The van der Waals surface area contributed by atoms with Crippen molar-refractivity contribution in [1.82, 2.24) is 0 Å². The molecule has 4 heteroatoms. The fourth-order valence-electron chi connectivity index (χ4n) is 2.89. The van der Waals surface area contributed by atoms with E-state index in [0.29, 0.717) is 11.4 Å². The number of rotatable bonds is 6. The topological polar surface area (TPSA) is 47.6 Å². The molecule has 0 heterocycles. The third-order valence-electron chi connectivity index (χ3n) is 4.31. The number of benzene rings is 3. The normalized spacial score (nSPS) is 10.7. The highest BCUT2D eigenvalue weighted by Gasteiger charge is 2.04. The number of anilines is 1. The van der Waals surface area contributed by atoms with Gasteiger partial charge in [0, 0.05) is 11.8 Å². The van der Waals surface area contributed by atoms with Crippen LogP contribution in [0, 0.1) is 13.8 Å². The number of hydrogen-bond donors (Lipinski definition) is 1. The fraction of sp³-hybridized carbons (Fsp3) is 0.125. The first-order valence-corrected chi connectivity index (χ1v) is 9.02. The van der Waals surface area contributed by atoms with E-state index in [1.165, 1.54) is 6.08 Å². The molecule has 0 aliphatic rings. The summed E-state index contributed by atoms with van der Waals surface area (Å²) in [5.74, 6) is 2.11. The predicted octanol–water partition coefficient (Wildman–Crippen LogP) is 5.76. The number of aryl methyl sites for hydroxylation is 2. The molecule has 0 fully saturated rings. The standard InChI is InChI=1S/C24H23NO3/c1-17-15-22(27-3)16-18(2)23(17)13-14-24(26)25-19-9-11-21(12-10-19)28-20-7-5-4-6-8-20/h4-16H,1-3H3,(H,25,26)/b14-13+. The van der Waals surface area contributed by atoms with E-state index in [1.807, 2.05) is 86.7 Å². The third-order valence-corrected chi connectivity index (χ3v) is 4.31. The smallest absolute Gasteiger partial charge is 0.248 e. The van der Waals surface area contributed by atoms with Gasteiger partial charge in [-0.25, -0.2) is 0 Å². The maximum atomic E-state index is 12.3. The first-order valence-electron chi connectivity index (χ1n) is 9.02. The SMILES string of the molecule is COc1cc(C)c(/C=C/C(=O)Nc2ccc(Oc3ccccc3)cc2)c(C)c1. The number of methoxy groups -OCH3 is 1. The summed E-state index contributed by atoms with van der Waals surface area (Å²) < 4.78 is 11.0. The van der Waals surface area contributed by atoms with Gasteiger partial charge in [0.2, 0.25) is 5.91 Å². The van der Waals surface area contributed by atoms with Crippen molar-refractivity contribution in [2.24, 2.45) is 0 Å². The zero-order valence-corrected chi connectivity index (χ0v) is 16.2.